The molecule has 2 aliphatic rings. The highest BCUT2D eigenvalue weighted by Gasteiger charge is 2.51. The van der Waals surface area contributed by atoms with Crippen molar-refractivity contribution in [3.8, 4) is 5.75 Å². The minimum absolute atomic E-state index is 0.0479. The fourth-order valence-corrected chi connectivity index (χ4v) is 6.18. The molecule has 0 spiro atoms. The van der Waals surface area contributed by atoms with Crippen LogP contribution in [0.5, 0.6) is 5.75 Å². The number of phenols is 1. The van der Waals surface area contributed by atoms with E-state index in [0.29, 0.717) is 23.9 Å². The van der Waals surface area contributed by atoms with Gasteiger partial charge < -0.3 is 20.2 Å². The molecule has 10 heteroatoms. The van der Waals surface area contributed by atoms with Crippen LogP contribution in [-0.2, 0) is 29.1 Å². The lowest BCUT2D eigenvalue weighted by molar-refractivity contribution is -0.190. The van der Waals surface area contributed by atoms with E-state index in [1.165, 1.54) is 6.07 Å². The molecule has 226 valence electrons. The zero-order valence-electron chi connectivity index (χ0n) is 24.4. The Balaban J connectivity index is 1.37. The first-order valence-corrected chi connectivity index (χ1v) is 14.7. The Morgan fingerprint density at radius 2 is 1.61 bits per heavy atom. The number of rotatable bonds is 7. The predicted octanol–water partition coefficient (Wildman–Crippen LogP) is 4.26. The van der Waals surface area contributed by atoms with Crippen LogP contribution in [0, 0.1) is 5.82 Å². The second kappa shape index (κ2) is 12.3. The maximum Gasteiger partial charge on any atom is 0.334 e. The number of carbonyl (C=O) groups excluding carboxylic acids is 3. The van der Waals surface area contributed by atoms with Gasteiger partial charge in [-0.1, -0.05) is 79.7 Å². The number of nitrogens with one attached hydrogen (secondary N) is 1. The molecule has 0 radical (unpaired) electrons. The average Bonchev–Trinajstić information content (AvgIpc) is 3.04. The van der Waals surface area contributed by atoms with Gasteiger partial charge in [-0.15, -0.1) is 0 Å². The Hall–Kier alpha value is -4.96. The van der Waals surface area contributed by atoms with Crippen molar-refractivity contribution in [2.45, 2.75) is 38.6 Å². The number of benzene rings is 4. The Morgan fingerprint density at radius 3 is 2.34 bits per heavy atom. The molecular formula is C34H34FN5O4. The van der Waals surface area contributed by atoms with Crippen molar-refractivity contribution in [2.24, 2.45) is 0 Å². The summed E-state index contributed by atoms with van der Waals surface area (Å²) >= 11 is 0. The molecule has 44 heavy (non-hydrogen) atoms. The van der Waals surface area contributed by atoms with Crippen LogP contribution >= 0.6 is 0 Å². The Kier molecular flexibility index (Phi) is 8.17. The van der Waals surface area contributed by atoms with Crippen LogP contribution in [0.4, 0.5) is 9.18 Å². The van der Waals surface area contributed by atoms with E-state index in [1.54, 1.807) is 62.3 Å². The molecule has 4 amide bonds. The van der Waals surface area contributed by atoms with E-state index >= 15 is 0 Å². The molecule has 4 aromatic rings. The third kappa shape index (κ3) is 5.68. The van der Waals surface area contributed by atoms with Gasteiger partial charge >= 0.3 is 6.03 Å². The summed E-state index contributed by atoms with van der Waals surface area (Å²) in [7, 11) is 0. The van der Waals surface area contributed by atoms with Crippen molar-refractivity contribution >= 4 is 28.6 Å². The Labute approximate surface area is 255 Å². The van der Waals surface area contributed by atoms with Crippen molar-refractivity contribution in [1.82, 2.24) is 25.1 Å². The molecule has 0 aliphatic carbocycles. The number of fused-ring (bicyclic) bond motifs is 2. The number of likely N-dealkylation sites (N-methyl/N-ethyl adjacent to an activating group) is 1. The van der Waals surface area contributed by atoms with Crippen molar-refractivity contribution in [1.29, 1.82) is 0 Å². The van der Waals surface area contributed by atoms with Gasteiger partial charge in [-0.25, -0.2) is 19.2 Å². The zero-order chi connectivity index (χ0) is 30.8. The number of amides is 4. The molecule has 0 aromatic heterocycles. The van der Waals surface area contributed by atoms with Crippen LogP contribution < -0.4 is 5.32 Å². The molecule has 4 aromatic carbocycles. The van der Waals surface area contributed by atoms with Crippen LogP contribution in [0.2, 0.25) is 0 Å². The van der Waals surface area contributed by atoms with E-state index in [2.05, 4.69) is 5.32 Å². The summed E-state index contributed by atoms with van der Waals surface area (Å²) in [5.74, 6) is -0.748. The number of hydrogen-bond donors (Lipinski definition) is 2. The molecule has 6 rings (SSSR count). The summed E-state index contributed by atoms with van der Waals surface area (Å²) in [6.07, 6.45) is -0.563. The number of phenolic OH excluding ortho intramolecular Hbond substituents is 1. The fraction of sp³-hybridized carbons (Fsp3) is 0.265. The van der Waals surface area contributed by atoms with Gasteiger partial charge in [0, 0.05) is 31.4 Å². The second-order valence-electron chi connectivity index (χ2n) is 11.1. The summed E-state index contributed by atoms with van der Waals surface area (Å²) < 4.78 is 14.6. The maximum absolute atomic E-state index is 14.6. The lowest BCUT2D eigenvalue weighted by atomic mass is 9.97. The molecule has 0 saturated carbocycles. The topological polar surface area (TPSA) is 96.4 Å². The molecule has 2 N–H and O–H groups in total. The average molecular weight is 596 g/mol. The largest absolute Gasteiger partial charge is 0.508 e. The number of hydrazine groups is 1. The molecule has 2 aliphatic heterocycles. The van der Waals surface area contributed by atoms with Crippen LogP contribution in [-0.4, -0.2) is 74.6 Å². The van der Waals surface area contributed by atoms with E-state index in [0.717, 1.165) is 16.7 Å². The van der Waals surface area contributed by atoms with E-state index in [4.69, 9.17) is 0 Å². The number of carbonyl (C=O) groups is 3. The molecule has 2 heterocycles. The quantitative estimate of drug-likeness (QED) is 0.333. The number of piperazine rings is 1. The SMILES string of the molecule is CCN1CC(=O)N2[C@@H](Cc3ccc(O)cc3)C(=O)N(Cc3ccc(F)c4ccccc34)C[C@@H]2N1C(=O)NCc1ccccc1. The van der Waals surface area contributed by atoms with Gasteiger partial charge in [0.2, 0.25) is 11.8 Å². The molecule has 2 fully saturated rings. The van der Waals surface area contributed by atoms with Gasteiger partial charge in [0.05, 0.1) is 13.1 Å². The minimum atomic E-state index is -0.888. The summed E-state index contributed by atoms with van der Waals surface area (Å²) in [6.45, 7) is 2.80. The normalized spacial score (nSPS) is 18.9. The third-order valence-electron chi connectivity index (χ3n) is 8.38. The molecule has 9 nitrogen and oxygen atoms in total. The van der Waals surface area contributed by atoms with Gasteiger partial charge in [-0.3, -0.25) is 9.59 Å². The summed E-state index contributed by atoms with van der Waals surface area (Å²) in [4.78, 5) is 44.9. The lowest BCUT2D eigenvalue weighted by Gasteiger charge is -2.55. The Bertz CT molecular complexity index is 1680. The monoisotopic (exact) mass is 595 g/mol. The highest BCUT2D eigenvalue weighted by Crippen LogP contribution is 2.31. The lowest BCUT2D eigenvalue weighted by Crippen LogP contribution is -2.76. The van der Waals surface area contributed by atoms with Crippen LogP contribution in [0.25, 0.3) is 10.8 Å². The van der Waals surface area contributed by atoms with E-state index in [1.807, 2.05) is 49.4 Å². The van der Waals surface area contributed by atoms with Crippen molar-refractivity contribution in [2.75, 3.05) is 19.6 Å². The van der Waals surface area contributed by atoms with Crippen LogP contribution in [0.15, 0.2) is 91.0 Å². The van der Waals surface area contributed by atoms with E-state index in [9.17, 15) is 23.9 Å². The summed E-state index contributed by atoms with van der Waals surface area (Å²) in [6, 6.07) is 25.0. The smallest absolute Gasteiger partial charge is 0.334 e. The fourth-order valence-electron chi connectivity index (χ4n) is 6.18. The van der Waals surface area contributed by atoms with Gasteiger partial charge in [-0.05, 0) is 40.3 Å². The number of urea groups is 1. The Morgan fingerprint density at radius 1 is 0.909 bits per heavy atom. The highest BCUT2D eigenvalue weighted by molar-refractivity contribution is 5.92. The van der Waals surface area contributed by atoms with Gasteiger partial charge in [-0.2, -0.15) is 0 Å². The molecule has 2 saturated heterocycles. The second-order valence-corrected chi connectivity index (χ2v) is 11.1. The van der Waals surface area contributed by atoms with Crippen molar-refractivity contribution in [3.05, 3.63) is 114 Å². The molecule has 0 bridgehead atoms. The van der Waals surface area contributed by atoms with E-state index < -0.39 is 12.2 Å². The third-order valence-corrected chi connectivity index (χ3v) is 8.38. The molecule has 0 unspecified atom stereocenters. The van der Waals surface area contributed by atoms with Crippen molar-refractivity contribution in [3.63, 3.8) is 0 Å². The number of hydrogen-bond acceptors (Lipinski definition) is 5. The van der Waals surface area contributed by atoms with Gasteiger partial charge in [0.1, 0.15) is 23.8 Å². The first-order chi connectivity index (χ1) is 21.3. The standard InChI is InChI=1S/C34H34FN5O4/c1-2-38-22-32(42)39-30(18-23-12-15-26(41)16-13-23)33(43)37(20-25-14-17-29(35)28-11-7-6-10-27(25)28)21-31(39)40(38)34(44)36-19-24-8-4-3-5-9-24/h3-17,30-31,41H,2,18-22H2,1H3,(H,36,44)/t30-,31-/m0/s1. The van der Waals surface area contributed by atoms with Gasteiger partial charge in [0.25, 0.3) is 0 Å². The summed E-state index contributed by atoms with van der Waals surface area (Å²) in [5.41, 5.74) is 2.46. The summed E-state index contributed by atoms with van der Waals surface area (Å²) in [5, 5.41) is 17.2. The predicted molar refractivity (Wildman–Crippen MR) is 163 cm³/mol. The zero-order valence-corrected chi connectivity index (χ0v) is 24.4. The number of aromatic hydroxyl groups is 1. The first kappa shape index (κ1) is 29.1. The van der Waals surface area contributed by atoms with Crippen LogP contribution in [0.3, 0.4) is 0 Å². The first-order valence-electron chi connectivity index (χ1n) is 14.7. The van der Waals surface area contributed by atoms with E-state index in [-0.39, 0.29) is 55.5 Å². The van der Waals surface area contributed by atoms with Crippen molar-refractivity contribution < 1.29 is 23.9 Å². The number of halogens is 1. The molecule has 2 atom stereocenters. The van der Waals surface area contributed by atoms with Gasteiger partial charge in [0.15, 0.2) is 0 Å². The molecular weight excluding hydrogens is 561 g/mol. The van der Waals surface area contributed by atoms with Crippen LogP contribution in [0.1, 0.15) is 23.6 Å². The maximum atomic E-state index is 14.6. The number of nitrogens with zero attached hydrogens (tertiary/aromatic N) is 4. The minimum Gasteiger partial charge on any atom is -0.508 e. The highest BCUT2D eigenvalue weighted by atomic mass is 19.1.